The van der Waals surface area contributed by atoms with Crippen LogP contribution in [0.2, 0.25) is 0 Å². The molecule has 7 heteroatoms. The lowest BCUT2D eigenvalue weighted by Crippen LogP contribution is -2.32. The predicted molar refractivity (Wildman–Crippen MR) is 79.0 cm³/mol. The fourth-order valence-corrected chi connectivity index (χ4v) is 2.95. The molecular weight excluding hydrogens is 307 g/mol. The van der Waals surface area contributed by atoms with Crippen LogP contribution >= 0.6 is 0 Å². The summed E-state index contributed by atoms with van der Waals surface area (Å²) in [5.41, 5.74) is 2.16. The Morgan fingerprint density at radius 1 is 1.13 bits per heavy atom. The number of aromatic nitrogens is 2. The molecule has 4 nitrogen and oxygen atoms in total. The molecule has 0 spiro atoms. The van der Waals surface area contributed by atoms with Crippen molar-refractivity contribution in [1.82, 2.24) is 15.1 Å². The van der Waals surface area contributed by atoms with Crippen LogP contribution in [0.25, 0.3) is 0 Å². The lowest BCUT2D eigenvalue weighted by Gasteiger charge is -2.31. The number of piperidine rings is 1. The van der Waals surface area contributed by atoms with Gasteiger partial charge >= 0.3 is 6.36 Å². The van der Waals surface area contributed by atoms with E-state index < -0.39 is 6.36 Å². The van der Waals surface area contributed by atoms with E-state index in [1.54, 1.807) is 18.3 Å². The SMILES string of the molecule is FC(F)(F)Oc1ccc(CN2CCC(c3ccn[nH]3)CC2)cc1. The van der Waals surface area contributed by atoms with Crippen LogP contribution in [-0.4, -0.2) is 34.5 Å². The average Bonchev–Trinajstić information content (AvgIpc) is 3.03. The third kappa shape index (κ3) is 4.48. The monoisotopic (exact) mass is 325 g/mol. The predicted octanol–water partition coefficient (Wildman–Crippen LogP) is 3.69. The lowest BCUT2D eigenvalue weighted by molar-refractivity contribution is -0.274. The van der Waals surface area contributed by atoms with Gasteiger partial charge in [-0.1, -0.05) is 12.1 Å². The third-order valence-corrected chi connectivity index (χ3v) is 4.11. The number of ether oxygens (including phenoxy) is 1. The molecule has 1 aliphatic rings. The first-order valence-corrected chi connectivity index (χ1v) is 7.56. The first-order chi connectivity index (χ1) is 11.0. The fraction of sp³-hybridized carbons (Fsp3) is 0.438. The van der Waals surface area contributed by atoms with Gasteiger partial charge in [0.1, 0.15) is 5.75 Å². The molecule has 0 radical (unpaired) electrons. The van der Waals surface area contributed by atoms with Crippen LogP contribution in [-0.2, 0) is 6.54 Å². The highest BCUT2D eigenvalue weighted by molar-refractivity contribution is 5.27. The van der Waals surface area contributed by atoms with Gasteiger partial charge in [-0.2, -0.15) is 5.10 Å². The summed E-state index contributed by atoms with van der Waals surface area (Å²) < 4.78 is 40.3. The molecule has 1 fully saturated rings. The van der Waals surface area contributed by atoms with Crippen LogP contribution in [0, 0.1) is 0 Å². The Morgan fingerprint density at radius 2 is 1.83 bits per heavy atom. The van der Waals surface area contributed by atoms with Gasteiger partial charge in [-0.25, -0.2) is 0 Å². The number of alkyl halides is 3. The lowest BCUT2D eigenvalue weighted by atomic mass is 9.93. The van der Waals surface area contributed by atoms with Crippen molar-refractivity contribution in [1.29, 1.82) is 0 Å². The summed E-state index contributed by atoms with van der Waals surface area (Å²) in [4.78, 5) is 2.31. The summed E-state index contributed by atoms with van der Waals surface area (Å²) in [7, 11) is 0. The zero-order valence-corrected chi connectivity index (χ0v) is 12.5. The minimum Gasteiger partial charge on any atom is -0.406 e. The molecule has 0 atom stereocenters. The van der Waals surface area contributed by atoms with Gasteiger partial charge in [-0.15, -0.1) is 13.2 Å². The van der Waals surface area contributed by atoms with Crippen molar-refractivity contribution in [2.24, 2.45) is 0 Å². The van der Waals surface area contributed by atoms with Crippen LogP contribution in [0.15, 0.2) is 36.5 Å². The Morgan fingerprint density at radius 3 is 2.39 bits per heavy atom. The van der Waals surface area contributed by atoms with E-state index in [1.165, 1.54) is 17.8 Å². The molecule has 23 heavy (non-hydrogen) atoms. The van der Waals surface area contributed by atoms with Gasteiger partial charge in [0.25, 0.3) is 0 Å². The van der Waals surface area contributed by atoms with E-state index in [0.29, 0.717) is 5.92 Å². The fourth-order valence-electron chi connectivity index (χ4n) is 2.95. The standard InChI is InChI=1S/C16H18F3N3O/c17-16(18,19)23-14-3-1-12(2-4-14)11-22-9-6-13(7-10-22)15-5-8-20-21-15/h1-5,8,13H,6-7,9-11H2,(H,20,21). The first-order valence-electron chi connectivity index (χ1n) is 7.56. The van der Waals surface area contributed by atoms with E-state index >= 15 is 0 Å². The van der Waals surface area contributed by atoms with E-state index in [-0.39, 0.29) is 5.75 Å². The molecule has 0 saturated carbocycles. The summed E-state index contributed by atoms with van der Waals surface area (Å²) in [6, 6.07) is 8.10. The molecule has 1 N–H and O–H groups in total. The maximum absolute atomic E-state index is 12.1. The molecule has 124 valence electrons. The van der Waals surface area contributed by atoms with Gasteiger partial charge in [-0.05, 0) is 49.7 Å². The summed E-state index contributed by atoms with van der Waals surface area (Å²) in [5, 5.41) is 7.01. The average molecular weight is 325 g/mol. The molecular formula is C16H18F3N3O. The number of hydrogen-bond donors (Lipinski definition) is 1. The maximum atomic E-state index is 12.1. The van der Waals surface area contributed by atoms with E-state index in [1.807, 2.05) is 6.07 Å². The van der Waals surface area contributed by atoms with Crippen molar-refractivity contribution in [2.75, 3.05) is 13.1 Å². The first kappa shape index (κ1) is 15.9. The second kappa shape index (κ2) is 6.62. The molecule has 3 rings (SSSR count). The number of rotatable bonds is 4. The molecule has 2 heterocycles. The van der Waals surface area contributed by atoms with Crippen LogP contribution < -0.4 is 4.74 Å². The van der Waals surface area contributed by atoms with Gasteiger partial charge in [0.15, 0.2) is 0 Å². The van der Waals surface area contributed by atoms with Crippen molar-refractivity contribution in [2.45, 2.75) is 31.7 Å². The normalized spacial score (nSPS) is 17.3. The van der Waals surface area contributed by atoms with Gasteiger partial charge in [0.05, 0.1) is 0 Å². The molecule has 0 bridgehead atoms. The Hall–Kier alpha value is -2.02. The van der Waals surface area contributed by atoms with E-state index in [9.17, 15) is 13.2 Å². The van der Waals surface area contributed by atoms with Gasteiger partial charge in [0.2, 0.25) is 0 Å². The molecule has 0 amide bonds. The Kier molecular flexibility index (Phi) is 4.56. The second-order valence-corrected chi connectivity index (χ2v) is 5.75. The number of aromatic amines is 1. The van der Waals surface area contributed by atoms with Gasteiger partial charge < -0.3 is 4.74 Å². The number of hydrogen-bond acceptors (Lipinski definition) is 3. The van der Waals surface area contributed by atoms with Gasteiger partial charge in [-0.3, -0.25) is 10.00 Å². The summed E-state index contributed by atoms with van der Waals surface area (Å²) in [6.45, 7) is 2.66. The Bertz CT molecular complexity index is 603. The molecule has 0 aliphatic carbocycles. The highest BCUT2D eigenvalue weighted by Crippen LogP contribution is 2.27. The van der Waals surface area contributed by atoms with Crippen LogP contribution in [0.1, 0.15) is 30.0 Å². The summed E-state index contributed by atoms with van der Waals surface area (Å²) >= 11 is 0. The second-order valence-electron chi connectivity index (χ2n) is 5.75. The molecule has 1 aromatic carbocycles. The number of nitrogens with one attached hydrogen (secondary N) is 1. The summed E-state index contributed by atoms with van der Waals surface area (Å²) in [5.74, 6) is 0.329. The van der Waals surface area contributed by atoms with Crippen molar-refractivity contribution in [3.8, 4) is 5.75 Å². The van der Waals surface area contributed by atoms with Crippen molar-refractivity contribution in [3.05, 3.63) is 47.8 Å². The maximum Gasteiger partial charge on any atom is 0.573 e. The molecule has 1 saturated heterocycles. The topological polar surface area (TPSA) is 41.1 Å². The number of H-pyrrole nitrogens is 1. The zero-order valence-electron chi connectivity index (χ0n) is 12.5. The molecule has 2 aromatic rings. The quantitative estimate of drug-likeness (QED) is 0.932. The number of halogens is 3. The number of likely N-dealkylation sites (tertiary alicyclic amines) is 1. The van der Waals surface area contributed by atoms with Crippen LogP contribution in [0.3, 0.4) is 0 Å². The number of nitrogens with zero attached hydrogens (tertiary/aromatic N) is 2. The number of benzene rings is 1. The van der Waals surface area contributed by atoms with E-state index in [2.05, 4.69) is 19.8 Å². The van der Waals surface area contributed by atoms with Crippen molar-refractivity contribution >= 4 is 0 Å². The van der Waals surface area contributed by atoms with Crippen LogP contribution in [0.4, 0.5) is 13.2 Å². The van der Waals surface area contributed by atoms with E-state index in [0.717, 1.165) is 38.0 Å². The third-order valence-electron chi connectivity index (χ3n) is 4.11. The Balaban J connectivity index is 1.50. The Labute approximate surface area is 132 Å². The largest absolute Gasteiger partial charge is 0.573 e. The van der Waals surface area contributed by atoms with E-state index in [4.69, 9.17) is 0 Å². The zero-order chi connectivity index (χ0) is 16.3. The van der Waals surface area contributed by atoms with Crippen molar-refractivity contribution < 1.29 is 17.9 Å². The smallest absolute Gasteiger partial charge is 0.406 e. The minimum atomic E-state index is -4.64. The molecule has 1 aliphatic heterocycles. The van der Waals surface area contributed by atoms with Crippen molar-refractivity contribution in [3.63, 3.8) is 0 Å². The van der Waals surface area contributed by atoms with Gasteiger partial charge in [0, 0.05) is 24.4 Å². The molecule has 1 aromatic heterocycles. The summed E-state index contributed by atoms with van der Waals surface area (Å²) in [6.07, 6.45) is -0.767. The molecule has 0 unspecified atom stereocenters. The highest BCUT2D eigenvalue weighted by atomic mass is 19.4. The minimum absolute atomic E-state index is 0.181. The van der Waals surface area contributed by atoms with Crippen LogP contribution in [0.5, 0.6) is 5.75 Å². The highest BCUT2D eigenvalue weighted by Gasteiger charge is 2.31.